The Balaban J connectivity index is 1.58. The third kappa shape index (κ3) is 2.81. The molecule has 1 saturated heterocycles. The average Bonchev–Trinajstić information content (AvgIpc) is 2.82. The van der Waals surface area contributed by atoms with E-state index in [1.807, 2.05) is 18.2 Å². The minimum atomic E-state index is -0.567. The second-order valence-electron chi connectivity index (χ2n) is 4.93. The molecule has 0 aliphatic carbocycles. The molecule has 0 spiro atoms. The van der Waals surface area contributed by atoms with E-state index in [-0.39, 0.29) is 25.3 Å². The Morgan fingerprint density at radius 2 is 2.11 bits per heavy atom. The summed E-state index contributed by atoms with van der Waals surface area (Å²) in [5, 5.41) is 9.54. The molecule has 1 N–H and O–H groups in total. The summed E-state index contributed by atoms with van der Waals surface area (Å²) in [4.78, 5) is 11.2. The van der Waals surface area contributed by atoms with Crippen molar-refractivity contribution in [2.45, 2.75) is 37.9 Å². The largest absolute Gasteiger partial charge is 0.462 e. The molecule has 5 nitrogen and oxygen atoms in total. The summed E-state index contributed by atoms with van der Waals surface area (Å²) < 4.78 is 15.8. The van der Waals surface area contributed by atoms with Gasteiger partial charge in [0.2, 0.25) is 6.79 Å². The number of aliphatic hydroxyl groups is 1. The first-order chi connectivity index (χ1) is 9.20. The van der Waals surface area contributed by atoms with Gasteiger partial charge in [-0.25, -0.2) is 0 Å². The summed E-state index contributed by atoms with van der Waals surface area (Å²) in [5.74, 6) is 1.22. The number of aryl methyl sites for hydroxylation is 1. The predicted octanol–water partition coefficient (Wildman–Crippen LogP) is 1.41. The first-order valence-electron chi connectivity index (χ1n) is 6.47. The molecule has 1 unspecified atom stereocenters. The molecule has 1 aromatic rings. The van der Waals surface area contributed by atoms with Crippen molar-refractivity contribution in [2.24, 2.45) is 0 Å². The van der Waals surface area contributed by atoms with E-state index in [2.05, 4.69) is 0 Å². The highest BCUT2D eigenvalue weighted by Gasteiger charge is 2.26. The van der Waals surface area contributed by atoms with Gasteiger partial charge in [-0.05, 0) is 30.5 Å². The molecule has 102 valence electrons. The van der Waals surface area contributed by atoms with E-state index in [9.17, 15) is 9.90 Å². The third-order valence-corrected chi connectivity index (χ3v) is 3.43. The normalized spacial score (nSPS) is 25.2. The van der Waals surface area contributed by atoms with Crippen molar-refractivity contribution >= 4 is 5.97 Å². The first-order valence-corrected chi connectivity index (χ1v) is 6.47. The highest BCUT2D eigenvalue weighted by molar-refractivity contribution is 5.70. The van der Waals surface area contributed by atoms with Crippen molar-refractivity contribution in [1.82, 2.24) is 0 Å². The minimum absolute atomic E-state index is 0.112. The predicted molar refractivity (Wildman–Crippen MR) is 66.0 cm³/mol. The Hall–Kier alpha value is -1.75. The number of esters is 1. The molecule has 0 bridgehead atoms. The van der Waals surface area contributed by atoms with Gasteiger partial charge >= 0.3 is 5.97 Å². The fourth-order valence-electron chi connectivity index (χ4n) is 2.46. The van der Waals surface area contributed by atoms with Gasteiger partial charge in [0, 0.05) is 6.42 Å². The van der Waals surface area contributed by atoms with Crippen molar-refractivity contribution < 1.29 is 24.1 Å². The van der Waals surface area contributed by atoms with Gasteiger partial charge in [-0.3, -0.25) is 4.79 Å². The summed E-state index contributed by atoms with van der Waals surface area (Å²) >= 11 is 0. The summed E-state index contributed by atoms with van der Waals surface area (Å²) in [5.41, 5.74) is 1.11. The molecule has 19 heavy (non-hydrogen) atoms. The molecular formula is C14H16O5. The van der Waals surface area contributed by atoms with Gasteiger partial charge in [-0.2, -0.15) is 0 Å². The molecule has 2 heterocycles. The van der Waals surface area contributed by atoms with Gasteiger partial charge in [0.15, 0.2) is 11.5 Å². The zero-order chi connectivity index (χ0) is 13.2. The van der Waals surface area contributed by atoms with Crippen molar-refractivity contribution in [3.8, 4) is 11.5 Å². The van der Waals surface area contributed by atoms with E-state index in [1.165, 1.54) is 0 Å². The Bertz CT molecular complexity index is 485. The smallest absolute Gasteiger partial charge is 0.308 e. The van der Waals surface area contributed by atoms with Crippen LogP contribution < -0.4 is 9.47 Å². The molecule has 5 heteroatoms. The van der Waals surface area contributed by atoms with Crippen LogP contribution in [0.1, 0.15) is 24.8 Å². The van der Waals surface area contributed by atoms with E-state index < -0.39 is 6.10 Å². The Kier molecular flexibility index (Phi) is 3.29. The van der Waals surface area contributed by atoms with Crippen LogP contribution in [-0.2, 0) is 16.0 Å². The zero-order valence-electron chi connectivity index (χ0n) is 10.5. The number of hydrogen-bond acceptors (Lipinski definition) is 5. The van der Waals surface area contributed by atoms with Gasteiger partial charge in [-0.15, -0.1) is 0 Å². The molecular weight excluding hydrogens is 248 g/mol. The number of rotatable bonds is 3. The lowest BCUT2D eigenvalue weighted by molar-refractivity contribution is -0.160. The van der Waals surface area contributed by atoms with Gasteiger partial charge < -0.3 is 19.3 Å². The van der Waals surface area contributed by atoms with Crippen molar-refractivity contribution in [3.63, 3.8) is 0 Å². The van der Waals surface area contributed by atoms with Crippen LogP contribution in [0.25, 0.3) is 0 Å². The third-order valence-electron chi connectivity index (χ3n) is 3.43. The Labute approximate surface area is 111 Å². The quantitative estimate of drug-likeness (QED) is 0.836. The number of hydrogen-bond donors (Lipinski definition) is 1. The van der Waals surface area contributed by atoms with Crippen LogP contribution in [0.5, 0.6) is 11.5 Å². The number of benzene rings is 1. The number of cyclic esters (lactones) is 1. The first kappa shape index (κ1) is 12.3. The van der Waals surface area contributed by atoms with Crippen LogP contribution in [0.15, 0.2) is 18.2 Å². The second kappa shape index (κ2) is 5.09. The van der Waals surface area contributed by atoms with E-state index in [4.69, 9.17) is 14.2 Å². The van der Waals surface area contributed by atoms with E-state index in [1.54, 1.807) is 0 Å². The summed E-state index contributed by atoms with van der Waals surface area (Å²) in [6.45, 7) is 0.269. The maximum atomic E-state index is 11.2. The van der Waals surface area contributed by atoms with Gasteiger partial charge in [0.05, 0.1) is 12.5 Å². The SMILES string of the molecule is O=C1CC(O)C[C@H](CCc2ccc3c(c2)OCO3)O1. The lowest BCUT2D eigenvalue weighted by Crippen LogP contribution is -2.32. The van der Waals surface area contributed by atoms with Crippen LogP contribution in [0, 0.1) is 0 Å². The van der Waals surface area contributed by atoms with E-state index in [0.717, 1.165) is 23.5 Å². The monoisotopic (exact) mass is 264 g/mol. The minimum Gasteiger partial charge on any atom is -0.462 e. The number of carbonyl (C=O) groups excluding carboxylic acids is 1. The molecule has 0 aromatic heterocycles. The van der Waals surface area contributed by atoms with Crippen LogP contribution in [0.2, 0.25) is 0 Å². The number of aliphatic hydroxyl groups excluding tert-OH is 1. The van der Waals surface area contributed by atoms with Gasteiger partial charge in [0.25, 0.3) is 0 Å². The molecule has 0 radical (unpaired) electrons. The summed E-state index contributed by atoms with van der Waals surface area (Å²) in [7, 11) is 0. The van der Waals surface area contributed by atoms with Gasteiger partial charge in [-0.1, -0.05) is 6.07 Å². The lowest BCUT2D eigenvalue weighted by Gasteiger charge is -2.25. The molecule has 2 atom stereocenters. The molecule has 1 fully saturated rings. The summed E-state index contributed by atoms with van der Waals surface area (Å²) in [6, 6.07) is 5.82. The number of fused-ring (bicyclic) bond motifs is 1. The molecule has 2 aliphatic rings. The lowest BCUT2D eigenvalue weighted by atomic mass is 9.99. The van der Waals surface area contributed by atoms with Crippen molar-refractivity contribution in [3.05, 3.63) is 23.8 Å². The van der Waals surface area contributed by atoms with E-state index in [0.29, 0.717) is 12.8 Å². The zero-order valence-corrected chi connectivity index (χ0v) is 10.5. The molecule has 2 aliphatic heterocycles. The fourth-order valence-corrected chi connectivity index (χ4v) is 2.46. The van der Waals surface area contributed by atoms with Crippen LogP contribution in [0.3, 0.4) is 0 Å². The highest BCUT2D eigenvalue weighted by atomic mass is 16.7. The van der Waals surface area contributed by atoms with Crippen LogP contribution in [-0.4, -0.2) is 30.1 Å². The second-order valence-corrected chi connectivity index (χ2v) is 4.93. The summed E-state index contributed by atoms with van der Waals surface area (Å²) in [6.07, 6.45) is 1.37. The highest BCUT2D eigenvalue weighted by Crippen LogP contribution is 2.33. The van der Waals surface area contributed by atoms with Crippen LogP contribution in [0.4, 0.5) is 0 Å². The standard InChI is InChI=1S/C14H16O5/c15-10-6-11(19-14(16)7-10)3-1-9-2-4-12-13(5-9)18-8-17-12/h2,4-5,10-11,15H,1,3,6-8H2/t10?,11-/m0/s1. The maximum absolute atomic E-state index is 11.2. The molecule has 3 rings (SSSR count). The fraction of sp³-hybridized carbons (Fsp3) is 0.500. The van der Waals surface area contributed by atoms with Crippen molar-refractivity contribution in [1.29, 1.82) is 0 Å². The topological polar surface area (TPSA) is 65.0 Å². The molecule has 1 aromatic carbocycles. The Morgan fingerprint density at radius 3 is 2.95 bits per heavy atom. The molecule has 0 saturated carbocycles. The van der Waals surface area contributed by atoms with Crippen LogP contribution >= 0.6 is 0 Å². The number of carbonyl (C=O) groups is 1. The molecule has 0 amide bonds. The van der Waals surface area contributed by atoms with Crippen molar-refractivity contribution in [2.75, 3.05) is 6.79 Å². The van der Waals surface area contributed by atoms with E-state index >= 15 is 0 Å². The maximum Gasteiger partial charge on any atom is 0.308 e. The number of ether oxygens (including phenoxy) is 3. The van der Waals surface area contributed by atoms with Gasteiger partial charge in [0.1, 0.15) is 6.10 Å². The average molecular weight is 264 g/mol. The Morgan fingerprint density at radius 1 is 1.26 bits per heavy atom.